The first-order valence-electron chi connectivity index (χ1n) is 7.49. The molecule has 0 bridgehead atoms. The number of carbonyl (C=O) groups is 1. The Morgan fingerprint density at radius 1 is 1.36 bits per heavy atom. The molecule has 1 aromatic rings. The summed E-state index contributed by atoms with van der Waals surface area (Å²) in [5.41, 5.74) is 0.927. The van der Waals surface area contributed by atoms with Gasteiger partial charge in [0.05, 0.1) is 6.10 Å². The van der Waals surface area contributed by atoms with Gasteiger partial charge < -0.3 is 19.8 Å². The van der Waals surface area contributed by atoms with Crippen LogP contribution in [0.2, 0.25) is 0 Å². The molecule has 2 aliphatic heterocycles. The van der Waals surface area contributed by atoms with E-state index in [1.54, 1.807) is 12.0 Å². The van der Waals surface area contributed by atoms with Gasteiger partial charge in [0, 0.05) is 24.6 Å². The van der Waals surface area contributed by atoms with E-state index in [2.05, 4.69) is 0 Å². The van der Waals surface area contributed by atoms with Crippen molar-refractivity contribution in [2.45, 2.75) is 30.4 Å². The van der Waals surface area contributed by atoms with Gasteiger partial charge in [0.25, 0.3) is 5.91 Å². The molecule has 1 fully saturated rings. The molecule has 22 heavy (non-hydrogen) atoms. The summed E-state index contributed by atoms with van der Waals surface area (Å²) in [5.74, 6) is 0.591. The van der Waals surface area contributed by atoms with E-state index in [-0.39, 0.29) is 24.6 Å². The molecule has 4 unspecified atom stereocenters. The summed E-state index contributed by atoms with van der Waals surface area (Å²) in [4.78, 5) is 14.4. The van der Waals surface area contributed by atoms with Gasteiger partial charge in [-0.1, -0.05) is 18.2 Å². The topological polar surface area (TPSA) is 70.0 Å². The van der Waals surface area contributed by atoms with Crippen LogP contribution in [-0.2, 0) is 11.2 Å². The average molecular weight is 323 g/mol. The molecule has 1 aromatic carbocycles. The number of fused-ring (bicyclic) bond motifs is 1. The third kappa shape index (κ3) is 2.76. The van der Waals surface area contributed by atoms with Crippen molar-refractivity contribution >= 4 is 17.7 Å². The Morgan fingerprint density at radius 3 is 2.91 bits per heavy atom. The molecule has 120 valence electrons. The minimum atomic E-state index is -0.818. The second-order valence-electron chi connectivity index (χ2n) is 5.83. The first kappa shape index (κ1) is 15.8. The number of rotatable bonds is 3. The molecule has 1 saturated heterocycles. The zero-order valence-electron chi connectivity index (χ0n) is 12.5. The largest absolute Gasteiger partial charge is 0.389 e. The van der Waals surface area contributed by atoms with Crippen LogP contribution in [0, 0.1) is 5.92 Å². The highest BCUT2D eigenvalue weighted by Gasteiger charge is 2.43. The Labute approximate surface area is 134 Å². The van der Waals surface area contributed by atoms with E-state index >= 15 is 0 Å². The second-order valence-corrected chi connectivity index (χ2v) is 7.05. The molecule has 0 saturated carbocycles. The summed E-state index contributed by atoms with van der Waals surface area (Å²) in [6.45, 7) is 0.199. The van der Waals surface area contributed by atoms with Crippen LogP contribution in [0.25, 0.3) is 0 Å². The van der Waals surface area contributed by atoms with Crippen LogP contribution >= 0.6 is 11.8 Å². The van der Waals surface area contributed by atoms with E-state index in [0.717, 1.165) is 17.7 Å². The summed E-state index contributed by atoms with van der Waals surface area (Å²) in [5, 5.41) is 20.3. The fourth-order valence-electron chi connectivity index (χ4n) is 3.45. The number of ether oxygens (including phenoxy) is 1. The molecule has 2 N–H and O–H groups in total. The number of nitrogens with zero attached hydrogens (tertiary/aromatic N) is 1. The predicted molar refractivity (Wildman–Crippen MR) is 84.6 cm³/mol. The third-order valence-corrected chi connectivity index (χ3v) is 5.66. The fraction of sp³-hybridized carbons (Fsp3) is 0.562. The van der Waals surface area contributed by atoms with Gasteiger partial charge in [0.1, 0.15) is 12.2 Å². The Hall–Kier alpha value is -1.08. The van der Waals surface area contributed by atoms with Crippen LogP contribution < -0.4 is 0 Å². The zero-order valence-corrected chi connectivity index (χ0v) is 13.3. The van der Waals surface area contributed by atoms with E-state index in [1.807, 2.05) is 24.3 Å². The van der Waals surface area contributed by atoms with E-state index in [0.29, 0.717) is 12.0 Å². The lowest BCUT2D eigenvalue weighted by Crippen LogP contribution is -2.55. The number of carbonyl (C=O) groups excluding carboxylic acids is 1. The van der Waals surface area contributed by atoms with Crippen molar-refractivity contribution in [3.63, 3.8) is 0 Å². The van der Waals surface area contributed by atoms with Gasteiger partial charge in [-0.2, -0.15) is 0 Å². The maximum absolute atomic E-state index is 12.7. The molecule has 0 aromatic heterocycles. The van der Waals surface area contributed by atoms with Crippen molar-refractivity contribution < 1.29 is 19.7 Å². The highest BCUT2D eigenvalue weighted by Crippen LogP contribution is 2.36. The van der Waals surface area contributed by atoms with E-state index in [1.165, 1.54) is 11.8 Å². The number of aliphatic hydroxyl groups is 2. The Bertz CT molecular complexity index is 553. The Balaban J connectivity index is 1.93. The molecule has 3 rings (SSSR count). The van der Waals surface area contributed by atoms with Crippen molar-refractivity contribution in [1.29, 1.82) is 0 Å². The summed E-state index contributed by atoms with van der Waals surface area (Å²) in [6.07, 6.45) is 0.648. The van der Waals surface area contributed by atoms with Crippen LogP contribution in [0.4, 0.5) is 0 Å². The summed E-state index contributed by atoms with van der Waals surface area (Å²) >= 11 is 1.37. The molecule has 0 aliphatic carbocycles. The maximum atomic E-state index is 12.7. The highest BCUT2D eigenvalue weighted by atomic mass is 32.2. The SMILES string of the molecule is COCN1C(=O)c2ccccc2CC1C1CCSC(O)C1O. The number of hydrogen-bond acceptors (Lipinski definition) is 5. The monoisotopic (exact) mass is 323 g/mol. The van der Waals surface area contributed by atoms with Crippen LogP contribution in [0.3, 0.4) is 0 Å². The first-order chi connectivity index (χ1) is 10.6. The average Bonchev–Trinajstić information content (AvgIpc) is 2.53. The Morgan fingerprint density at radius 2 is 2.14 bits per heavy atom. The van der Waals surface area contributed by atoms with Crippen molar-refractivity contribution in [2.75, 3.05) is 19.6 Å². The van der Waals surface area contributed by atoms with Crippen molar-refractivity contribution in [2.24, 2.45) is 5.92 Å². The van der Waals surface area contributed by atoms with Gasteiger partial charge in [-0.25, -0.2) is 0 Å². The van der Waals surface area contributed by atoms with Crippen LogP contribution in [-0.4, -0.2) is 58.2 Å². The molecule has 2 heterocycles. The molecule has 4 atom stereocenters. The van der Waals surface area contributed by atoms with Gasteiger partial charge in [-0.3, -0.25) is 4.79 Å². The molecule has 1 amide bonds. The van der Waals surface area contributed by atoms with Crippen LogP contribution in [0.1, 0.15) is 22.3 Å². The van der Waals surface area contributed by atoms with E-state index in [4.69, 9.17) is 4.74 Å². The number of thioether (sulfide) groups is 1. The van der Waals surface area contributed by atoms with Crippen molar-refractivity contribution in [3.05, 3.63) is 35.4 Å². The lowest BCUT2D eigenvalue weighted by atomic mass is 9.82. The van der Waals surface area contributed by atoms with E-state index in [9.17, 15) is 15.0 Å². The van der Waals surface area contributed by atoms with Crippen molar-refractivity contribution in [1.82, 2.24) is 4.90 Å². The smallest absolute Gasteiger partial charge is 0.256 e. The summed E-state index contributed by atoms with van der Waals surface area (Å²) < 4.78 is 5.21. The molecule has 2 aliphatic rings. The number of amides is 1. The normalized spacial score (nSPS) is 32.0. The number of benzene rings is 1. The molecule has 6 heteroatoms. The highest BCUT2D eigenvalue weighted by molar-refractivity contribution is 7.99. The van der Waals surface area contributed by atoms with Gasteiger partial charge in [-0.05, 0) is 30.2 Å². The zero-order chi connectivity index (χ0) is 15.7. The molecular formula is C16H21NO4S. The van der Waals surface area contributed by atoms with Gasteiger partial charge >= 0.3 is 0 Å². The lowest BCUT2D eigenvalue weighted by molar-refractivity contribution is -0.0377. The minimum absolute atomic E-state index is 0.0615. The van der Waals surface area contributed by atoms with Crippen LogP contribution in [0.15, 0.2) is 24.3 Å². The summed E-state index contributed by atoms with van der Waals surface area (Å²) in [6, 6.07) is 7.44. The second kappa shape index (κ2) is 6.58. The van der Waals surface area contributed by atoms with Gasteiger partial charge in [-0.15, -0.1) is 11.8 Å². The van der Waals surface area contributed by atoms with Crippen LogP contribution in [0.5, 0.6) is 0 Å². The quantitative estimate of drug-likeness (QED) is 0.871. The Kier molecular flexibility index (Phi) is 4.73. The van der Waals surface area contributed by atoms with Crippen molar-refractivity contribution in [3.8, 4) is 0 Å². The fourth-order valence-corrected chi connectivity index (χ4v) is 4.50. The minimum Gasteiger partial charge on any atom is -0.389 e. The lowest BCUT2D eigenvalue weighted by Gasteiger charge is -2.44. The third-order valence-electron chi connectivity index (χ3n) is 4.57. The molecular weight excluding hydrogens is 302 g/mol. The number of methoxy groups -OCH3 is 1. The summed E-state index contributed by atoms with van der Waals surface area (Å²) in [7, 11) is 1.56. The number of aliphatic hydroxyl groups excluding tert-OH is 2. The van der Waals surface area contributed by atoms with E-state index < -0.39 is 11.5 Å². The predicted octanol–water partition coefficient (Wildman–Crippen LogP) is 1.09. The van der Waals surface area contributed by atoms with Gasteiger partial charge in [0.2, 0.25) is 0 Å². The molecule has 0 radical (unpaired) electrons. The maximum Gasteiger partial charge on any atom is 0.256 e. The first-order valence-corrected chi connectivity index (χ1v) is 8.54. The standard InChI is InChI=1S/C16H21NO4S/c1-21-9-17-13(12-6-7-22-16(20)14(12)18)8-10-4-2-3-5-11(10)15(17)19/h2-5,12-14,16,18,20H,6-9H2,1H3. The molecule has 5 nitrogen and oxygen atoms in total. The number of hydrogen-bond donors (Lipinski definition) is 2. The van der Waals surface area contributed by atoms with Gasteiger partial charge in [0.15, 0.2) is 0 Å². The molecule has 0 spiro atoms.